The Morgan fingerprint density at radius 2 is 2.32 bits per heavy atom. The lowest BCUT2D eigenvalue weighted by atomic mass is 10.0. The molecule has 1 aromatic rings. The smallest absolute Gasteiger partial charge is 0.222 e. The highest BCUT2D eigenvalue weighted by atomic mass is 16.3. The Balaban J connectivity index is 1.74. The minimum Gasteiger partial charge on any atom is -0.391 e. The molecule has 1 aliphatic rings. The number of hydrogen-bond acceptors (Lipinski definition) is 2. The average molecular weight is 261 g/mol. The molecule has 1 aromatic carbocycles. The zero-order valence-corrected chi connectivity index (χ0v) is 11.6. The van der Waals surface area contributed by atoms with Crippen molar-refractivity contribution in [1.29, 1.82) is 0 Å². The van der Waals surface area contributed by atoms with Gasteiger partial charge in [-0.3, -0.25) is 4.79 Å². The summed E-state index contributed by atoms with van der Waals surface area (Å²) in [7, 11) is 0. The molecule has 3 nitrogen and oxygen atoms in total. The number of β-amino-alcohol motifs (C(OH)–C–C–N with tert-alkyl or cyclic N) is 1. The molecule has 0 aliphatic carbocycles. The molecule has 0 radical (unpaired) electrons. The molecule has 1 unspecified atom stereocenters. The number of aryl methyl sites for hydroxylation is 2. The molecule has 1 heterocycles. The van der Waals surface area contributed by atoms with Gasteiger partial charge in [-0.2, -0.15) is 0 Å². The number of benzene rings is 1. The lowest BCUT2D eigenvalue weighted by molar-refractivity contribution is -0.134. The van der Waals surface area contributed by atoms with E-state index in [9.17, 15) is 9.90 Å². The van der Waals surface area contributed by atoms with E-state index in [4.69, 9.17) is 0 Å². The summed E-state index contributed by atoms with van der Waals surface area (Å²) in [4.78, 5) is 13.8. The fourth-order valence-electron chi connectivity index (χ4n) is 2.65. The Labute approximate surface area is 115 Å². The Morgan fingerprint density at radius 3 is 3.05 bits per heavy atom. The lowest BCUT2D eigenvalue weighted by Gasteiger charge is -2.30. The number of nitrogens with zero attached hydrogens (tertiary/aromatic N) is 1. The van der Waals surface area contributed by atoms with Crippen molar-refractivity contribution in [3.63, 3.8) is 0 Å². The summed E-state index contributed by atoms with van der Waals surface area (Å²) in [5, 5.41) is 9.57. The first-order valence-electron chi connectivity index (χ1n) is 7.16. The van der Waals surface area contributed by atoms with E-state index in [0.717, 1.165) is 32.2 Å². The van der Waals surface area contributed by atoms with E-state index in [2.05, 4.69) is 31.2 Å². The summed E-state index contributed by atoms with van der Waals surface area (Å²) >= 11 is 0. The van der Waals surface area contributed by atoms with Crippen molar-refractivity contribution >= 4 is 5.91 Å². The van der Waals surface area contributed by atoms with Crippen LogP contribution in [0.1, 0.15) is 36.8 Å². The Hall–Kier alpha value is -1.35. The van der Waals surface area contributed by atoms with E-state index in [1.807, 2.05) is 4.90 Å². The van der Waals surface area contributed by atoms with Gasteiger partial charge in [0.15, 0.2) is 0 Å². The van der Waals surface area contributed by atoms with Crippen LogP contribution >= 0.6 is 0 Å². The zero-order valence-electron chi connectivity index (χ0n) is 11.6. The van der Waals surface area contributed by atoms with Crippen LogP contribution in [0.4, 0.5) is 0 Å². The first-order chi connectivity index (χ1) is 9.15. The van der Waals surface area contributed by atoms with Gasteiger partial charge in [0, 0.05) is 19.5 Å². The molecule has 1 fully saturated rings. The molecule has 1 amide bonds. The van der Waals surface area contributed by atoms with Crippen molar-refractivity contribution in [3.8, 4) is 0 Å². The summed E-state index contributed by atoms with van der Waals surface area (Å²) in [6, 6.07) is 8.44. The number of likely N-dealkylation sites (tertiary alicyclic amines) is 1. The Kier molecular flexibility index (Phi) is 4.97. The lowest BCUT2D eigenvalue weighted by Crippen LogP contribution is -2.42. The molecular weight excluding hydrogens is 238 g/mol. The minimum atomic E-state index is -0.325. The number of hydrogen-bond donors (Lipinski definition) is 1. The minimum absolute atomic E-state index is 0.186. The molecule has 0 bridgehead atoms. The third-order valence-electron chi connectivity index (χ3n) is 3.69. The van der Waals surface area contributed by atoms with Crippen molar-refractivity contribution < 1.29 is 9.90 Å². The molecule has 0 aromatic heterocycles. The van der Waals surface area contributed by atoms with Gasteiger partial charge < -0.3 is 10.0 Å². The van der Waals surface area contributed by atoms with E-state index in [1.54, 1.807) is 0 Å². The number of aliphatic hydroxyl groups is 1. The monoisotopic (exact) mass is 261 g/mol. The summed E-state index contributed by atoms with van der Waals surface area (Å²) in [6.07, 6.45) is 3.84. The Morgan fingerprint density at radius 1 is 1.47 bits per heavy atom. The van der Waals surface area contributed by atoms with Gasteiger partial charge in [-0.05, 0) is 38.2 Å². The van der Waals surface area contributed by atoms with Gasteiger partial charge in [-0.15, -0.1) is 0 Å². The molecule has 0 saturated carbocycles. The van der Waals surface area contributed by atoms with Gasteiger partial charge in [0.1, 0.15) is 0 Å². The SMILES string of the molecule is Cc1cccc(CCCC(=O)N2CCCC(O)C2)c1. The number of aliphatic hydroxyl groups excluding tert-OH is 1. The predicted octanol–water partition coefficient (Wildman–Crippen LogP) is 2.30. The number of piperidine rings is 1. The summed E-state index contributed by atoms with van der Waals surface area (Å²) in [6.45, 7) is 3.41. The Bertz CT molecular complexity index is 431. The number of carbonyl (C=O) groups excluding carboxylic acids is 1. The third-order valence-corrected chi connectivity index (χ3v) is 3.69. The van der Waals surface area contributed by atoms with Gasteiger partial charge in [-0.25, -0.2) is 0 Å². The van der Waals surface area contributed by atoms with Gasteiger partial charge in [0.2, 0.25) is 5.91 Å². The normalized spacial score (nSPS) is 19.5. The largest absolute Gasteiger partial charge is 0.391 e. The van der Waals surface area contributed by atoms with E-state index in [-0.39, 0.29) is 12.0 Å². The van der Waals surface area contributed by atoms with Gasteiger partial charge >= 0.3 is 0 Å². The number of amides is 1. The van der Waals surface area contributed by atoms with Crippen molar-refractivity contribution in [2.24, 2.45) is 0 Å². The summed E-state index contributed by atoms with van der Waals surface area (Å²) in [5.74, 6) is 0.186. The predicted molar refractivity (Wildman–Crippen MR) is 75.9 cm³/mol. The standard InChI is InChI=1S/C16H23NO2/c1-13-5-2-6-14(11-13)7-3-9-16(19)17-10-4-8-15(18)12-17/h2,5-6,11,15,18H,3-4,7-10,12H2,1H3. The van der Waals surface area contributed by atoms with Crippen molar-refractivity contribution in [2.45, 2.75) is 45.1 Å². The first kappa shape index (κ1) is 14.1. The van der Waals surface area contributed by atoms with Crippen LogP contribution in [0.3, 0.4) is 0 Å². The molecule has 1 aliphatic heterocycles. The zero-order chi connectivity index (χ0) is 13.7. The van der Waals surface area contributed by atoms with Crippen molar-refractivity contribution in [2.75, 3.05) is 13.1 Å². The van der Waals surface area contributed by atoms with Crippen molar-refractivity contribution in [3.05, 3.63) is 35.4 Å². The van der Waals surface area contributed by atoms with E-state index < -0.39 is 0 Å². The van der Waals surface area contributed by atoms with Crippen LogP contribution in [0.5, 0.6) is 0 Å². The average Bonchev–Trinajstić information content (AvgIpc) is 2.38. The molecule has 104 valence electrons. The third kappa shape index (κ3) is 4.35. The van der Waals surface area contributed by atoms with Crippen LogP contribution in [0, 0.1) is 6.92 Å². The summed E-state index contributed by atoms with van der Waals surface area (Å²) < 4.78 is 0. The van der Waals surface area contributed by atoms with E-state index in [1.165, 1.54) is 11.1 Å². The highest BCUT2D eigenvalue weighted by Crippen LogP contribution is 2.13. The highest BCUT2D eigenvalue weighted by Gasteiger charge is 2.21. The molecule has 1 N–H and O–H groups in total. The topological polar surface area (TPSA) is 40.5 Å². The molecule has 1 atom stereocenters. The second-order valence-electron chi connectivity index (χ2n) is 5.48. The maximum atomic E-state index is 12.0. The molecule has 1 saturated heterocycles. The van der Waals surface area contributed by atoms with Crippen LogP contribution in [0.25, 0.3) is 0 Å². The maximum Gasteiger partial charge on any atom is 0.222 e. The van der Waals surface area contributed by atoms with Gasteiger partial charge in [0.25, 0.3) is 0 Å². The summed E-state index contributed by atoms with van der Waals surface area (Å²) in [5.41, 5.74) is 2.56. The first-order valence-corrected chi connectivity index (χ1v) is 7.16. The molecule has 19 heavy (non-hydrogen) atoms. The van der Waals surface area contributed by atoms with Crippen LogP contribution in [-0.2, 0) is 11.2 Å². The van der Waals surface area contributed by atoms with E-state index in [0.29, 0.717) is 13.0 Å². The van der Waals surface area contributed by atoms with Crippen molar-refractivity contribution in [1.82, 2.24) is 4.90 Å². The second-order valence-corrected chi connectivity index (χ2v) is 5.48. The quantitative estimate of drug-likeness (QED) is 0.903. The molecule has 2 rings (SSSR count). The van der Waals surface area contributed by atoms with Gasteiger partial charge in [0.05, 0.1) is 6.10 Å². The van der Waals surface area contributed by atoms with Crippen LogP contribution < -0.4 is 0 Å². The maximum absolute atomic E-state index is 12.0. The molecule has 0 spiro atoms. The fraction of sp³-hybridized carbons (Fsp3) is 0.562. The van der Waals surface area contributed by atoms with E-state index >= 15 is 0 Å². The van der Waals surface area contributed by atoms with Crippen LogP contribution in [0.15, 0.2) is 24.3 Å². The second kappa shape index (κ2) is 6.71. The number of rotatable bonds is 4. The highest BCUT2D eigenvalue weighted by molar-refractivity contribution is 5.76. The number of carbonyl (C=O) groups is 1. The van der Waals surface area contributed by atoms with Crippen LogP contribution in [0.2, 0.25) is 0 Å². The van der Waals surface area contributed by atoms with Gasteiger partial charge in [-0.1, -0.05) is 29.8 Å². The molecule has 3 heteroatoms. The molecular formula is C16H23NO2. The fourth-order valence-corrected chi connectivity index (χ4v) is 2.65. The van der Waals surface area contributed by atoms with Crippen LogP contribution in [-0.4, -0.2) is 35.1 Å².